The van der Waals surface area contributed by atoms with Gasteiger partial charge in [-0.15, -0.1) is 0 Å². The van der Waals surface area contributed by atoms with Gasteiger partial charge in [-0.2, -0.15) is 4.68 Å². The molecule has 0 amide bonds. The van der Waals surface area contributed by atoms with E-state index < -0.39 is 4.92 Å². The molecule has 2 aromatic rings. The molecule has 0 bridgehead atoms. The summed E-state index contributed by atoms with van der Waals surface area (Å²) in [7, 11) is 0. The van der Waals surface area contributed by atoms with Crippen LogP contribution in [0.1, 0.15) is 5.56 Å². The Morgan fingerprint density at radius 2 is 2.11 bits per heavy atom. The number of hydrogen-bond donors (Lipinski definition) is 0. The molecule has 0 aliphatic rings. The van der Waals surface area contributed by atoms with Crippen molar-refractivity contribution < 1.29 is 9.31 Å². The normalized spacial score (nSPS) is 10.6. The zero-order valence-electron chi connectivity index (χ0n) is 8.81. The molecule has 18 heavy (non-hydrogen) atoms. The minimum Gasteiger partial charge on any atom is -0.358 e. The average Bonchev–Trinajstić information content (AvgIpc) is 2.64. The van der Waals surface area contributed by atoms with Gasteiger partial charge in [-0.05, 0) is 38.5 Å². The molecule has 1 aromatic heterocycles. The molecule has 0 N–H and O–H groups in total. The van der Waals surface area contributed by atoms with Crippen molar-refractivity contribution in [2.24, 2.45) is 0 Å². The standard InChI is InChI=1S/C10H6Br2FN3O2/c11-8-3-7(13)2-1-6(8)4-15-5-9(12)10(14-15)16(17)18/h1-3,5H,4H2. The van der Waals surface area contributed by atoms with Gasteiger partial charge in [0.1, 0.15) is 10.3 Å². The third-order valence-corrected chi connectivity index (χ3v) is 3.52. The third-order valence-electron chi connectivity index (χ3n) is 2.22. The molecule has 0 aliphatic carbocycles. The lowest BCUT2D eigenvalue weighted by Crippen LogP contribution is -2.02. The van der Waals surface area contributed by atoms with E-state index in [1.54, 1.807) is 6.07 Å². The number of nitro groups is 1. The maximum atomic E-state index is 12.9. The van der Waals surface area contributed by atoms with Gasteiger partial charge in [0.15, 0.2) is 0 Å². The summed E-state index contributed by atoms with van der Waals surface area (Å²) in [4.78, 5) is 10.1. The molecular formula is C10H6Br2FN3O2. The topological polar surface area (TPSA) is 61.0 Å². The number of aromatic nitrogens is 2. The second-order valence-corrected chi connectivity index (χ2v) is 5.20. The SMILES string of the molecule is O=[N+]([O-])c1nn(Cc2ccc(F)cc2Br)cc1Br. The van der Waals surface area contributed by atoms with Crippen LogP contribution in [0.2, 0.25) is 0 Å². The second kappa shape index (κ2) is 5.15. The lowest BCUT2D eigenvalue weighted by atomic mass is 10.2. The maximum absolute atomic E-state index is 12.9. The predicted octanol–water partition coefficient (Wildman–Crippen LogP) is 3.50. The smallest absolute Gasteiger partial charge is 0.358 e. The first-order valence-electron chi connectivity index (χ1n) is 4.78. The molecule has 1 aromatic carbocycles. The second-order valence-electron chi connectivity index (χ2n) is 3.49. The highest BCUT2D eigenvalue weighted by Crippen LogP contribution is 2.24. The van der Waals surface area contributed by atoms with Gasteiger partial charge in [0.25, 0.3) is 0 Å². The van der Waals surface area contributed by atoms with Crippen LogP contribution in [0, 0.1) is 15.9 Å². The van der Waals surface area contributed by atoms with Crippen LogP contribution in [-0.4, -0.2) is 14.7 Å². The Morgan fingerprint density at radius 1 is 1.39 bits per heavy atom. The molecule has 0 unspecified atom stereocenters. The third kappa shape index (κ3) is 2.75. The van der Waals surface area contributed by atoms with E-state index in [4.69, 9.17) is 0 Å². The maximum Gasteiger partial charge on any atom is 0.404 e. The molecule has 0 fully saturated rings. The summed E-state index contributed by atoms with van der Waals surface area (Å²) < 4.78 is 15.2. The first-order chi connectivity index (χ1) is 8.47. The van der Waals surface area contributed by atoms with Gasteiger partial charge < -0.3 is 10.1 Å². The highest BCUT2D eigenvalue weighted by molar-refractivity contribution is 9.10. The molecule has 2 rings (SSSR count). The van der Waals surface area contributed by atoms with Crippen molar-refractivity contribution in [3.63, 3.8) is 0 Å². The molecule has 0 atom stereocenters. The highest BCUT2D eigenvalue weighted by Gasteiger charge is 2.19. The number of benzene rings is 1. The Balaban J connectivity index is 2.29. The van der Waals surface area contributed by atoms with E-state index in [0.717, 1.165) is 5.56 Å². The van der Waals surface area contributed by atoms with E-state index >= 15 is 0 Å². The van der Waals surface area contributed by atoms with Gasteiger partial charge >= 0.3 is 5.82 Å². The van der Waals surface area contributed by atoms with Crippen LogP contribution in [0.3, 0.4) is 0 Å². The number of rotatable bonds is 3. The molecular weight excluding hydrogens is 373 g/mol. The summed E-state index contributed by atoms with van der Waals surface area (Å²) in [5.74, 6) is -0.591. The molecule has 0 saturated carbocycles. The summed E-state index contributed by atoms with van der Waals surface area (Å²) in [6, 6.07) is 4.26. The van der Waals surface area contributed by atoms with Crippen LogP contribution in [-0.2, 0) is 6.54 Å². The Bertz CT molecular complexity index is 615. The van der Waals surface area contributed by atoms with Gasteiger partial charge in [-0.25, -0.2) is 4.39 Å². The van der Waals surface area contributed by atoms with Crippen molar-refractivity contribution in [1.29, 1.82) is 0 Å². The van der Waals surface area contributed by atoms with Gasteiger partial charge in [0.2, 0.25) is 0 Å². The average molecular weight is 379 g/mol. The number of hydrogen-bond acceptors (Lipinski definition) is 3. The van der Waals surface area contributed by atoms with Crippen molar-refractivity contribution in [3.05, 3.63) is 54.8 Å². The predicted molar refractivity (Wildman–Crippen MR) is 69.8 cm³/mol. The van der Waals surface area contributed by atoms with Crippen LogP contribution < -0.4 is 0 Å². The molecule has 0 spiro atoms. The monoisotopic (exact) mass is 377 g/mol. The fraction of sp³-hybridized carbons (Fsp3) is 0.100. The molecule has 94 valence electrons. The van der Waals surface area contributed by atoms with Crippen LogP contribution in [0.15, 0.2) is 33.3 Å². The van der Waals surface area contributed by atoms with E-state index in [-0.39, 0.29) is 11.6 Å². The minimum atomic E-state index is -0.569. The van der Waals surface area contributed by atoms with E-state index in [1.165, 1.54) is 23.0 Å². The van der Waals surface area contributed by atoms with E-state index in [2.05, 4.69) is 37.0 Å². The first-order valence-corrected chi connectivity index (χ1v) is 6.37. The Kier molecular flexibility index (Phi) is 3.76. The van der Waals surface area contributed by atoms with Crippen LogP contribution in [0.25, 0.3) is 0 Å². The largest absolute Gasteiger partial charge is 0.404 e. The van der Waals surface area contributed by atoms with Crippen molar-refractivity contribution in [3.8, 4) is 0 Å². The van der Waals surface area contributed by atoms with E-state index in [9.17, 15) is 14.5 Å². The lowest BCUT2D eigenvalue weighted by Gasteiger charge is -2.01. The zero-order chi connectivity index (χ0) is 13.3. The number of halogens is 3. The van der Waals surface area contributed by atoms with Crippen LogP contribution >= 0.6 is 31.9 Å². The first kappa shape index (κ1) is 13.2. The molecule has 5 nitrogen and oxygen atoms in total. The molecule has 0 radical (unpaired) electrons. The summed E-state index contributed by atoms with van der Waals surface area (Å²) in [6.45, 7) is 0.313. The number of nitrogens with zero attached hydrogens (tertiary/aromatic N) is 3. The van der Waals surface area contributed by atoms with Crippen molar-refractivity contribution >= 4 is 37.7 Å². The Labute approximate surface area is 118 Å². The minimum absolute atomic E-state index is 0.242. The Morgan fingerprint density at radius 3 is 2.67 bits per heavy atom. The van der Waals surface area contributed by atoms with E-state index in [0.29, 0.717) is 15.5 Å². The van der Waals surface area contributed by atoms with Gasteiger partial charge in [0.05, 0.1) is 17.8 Å². The van der Waals surface area contributed by atoms with Crippen LogP contribution in [0.5, 0.6) is 0 Å². The lowest BCUT2D eigenvalue weighted by molar-refractivity contribution is -0.390. The quantitative estimate of drug-likeness (QED) is 0.606. The summed E-state index contributed by atoms with van der Waals surface area (Å²) in [6.07, 6.45) is 1.51. The van der Waals surface area contributed by atoms with Gasteiger partial charge in [0, 0.05) is 4.47 Å². The van der Waals surface area contributed by atoms with Crippen molar-refractivity contribution in [1.82, 2.24) is 9.78 Å². The van der Waals surface area contributed by atoms with Crippen molar-refractivity contribution in [2.75, 3.05) is 0 Å². The molecule has 0 aliphatic heterocycles. The molecule has 0 saturated heterocycles. The fourth-order valence-corrected chi connectivity index (χ4v) is 2.35. The summed E-state index contributed by atoms with van der Waals surface area (Å²) >= 11 is 6.30. The van der Waals surface area contributed by atoms with Gasteiger partial charge in [-0.3, -0.25) is 0 Å². The van der Waals surface area contributed by atoms with Crippen LogP contribution in [0.4, 0.5) is 10.2 Å². The van der Waals surface area contributed by atoms with E-state index in [1.807, 2.05) is 0 Å². The fourth-order valence-electron chi connectivity index (χ4n) is 1.42. The molecule has 8 heteroatoms. The summed E-state index contributed by atoms with van der Waals surface area (Å²) in [5.41, 5.74) is 0.779. The van der Waals surface area contributed by atoms with Crippen molar-refractivity contribution in [2.45, 2.75) is 6.54 Å². The Hall–Kier alpha value is -1.28. The highest BCUT2D eigenvalue weighted by atomic mass is 79.9. The summed E-state index contributed by atoms with van der Waals surface area (Å²) in [5, 5.41) is 14.5. The zero-order valence-corrected chi connectivity index (χ0v) is 12.0. The van der Waals surface area contributed by atoms with Gasteiger partial charge in [-0.1, -0.05) is 22.0 Å². The molecule has 1 heterocycles.